The first kappa shape index (κ1) is 27.9. The van der Waals surface area contributed by atoms with Crippen LogP contribution in [-0.4, -0.2) is 46.4 Å². The lowest BCUT2D eigenvalue weighted by Crippen LogP contribution is -2.21. The van der Waals surface area contributed by atoms with E-state index < -0.39 is 18.1 Å². The van der Waals surface area contributed by atoms with E-state index in [1.807, 2.05) is 49.4 Å². The maximum atomic E-state index is 12.5. The van der Waals surface area contributed by atoms with Crippen LogP contribution in [0.15, 0.2) is 48.7 Å². The van der Waals surface area contributed by atoms with Crippen molar-refractivity contribution in [2.24, 2.45) is 5.73 Å². The summed E-state index contributed by atoms with van der Waals surface area (Å²) in [6.45, 7) is 1.98. The Morgan fingerprint density at radius 3 is 2.42 bits per heavy atom. The number of alkyl halides is 3. The van der Waals surface area contributed by atoms with Crippen molar-refractivity contribution in [2.45, 2.75) is 32.4 Å². The highest BCUT2D eigenvalue weighted by atomic mass is 19.4. The molecule has 9 nitrogen and oxygen atoms in total. The minimum atomic E-state index is -5.08. The number of nitrogens with one attached hydrogen (secondary N) is 2. The van der Waals surface area contributed by atoms with Gasteiger partial charge in [0, 0.05) is 16.8 Å². The molecule has 2 amide bonds. The summed E-state index contributed by atoms with van der Waals surface area (Å²) in [7, 11) is 1.60. The number of aromatic amines is 1. The van der Waals surface area contributed by atoms with Crippen LogP contribution in [0.25, 0.3) is 0 Å². The Morgan fingerprint density at radius 2 is 1.81 bits per heavy atom. The number of carboxylic acid groups (broad SMARTS) is 1. The molecule has 2 aromatic carbocycles. The molecule has 0 aliphatic heterocycles. The van der Waals surface area contributed by atoms with Gasteiger partial charge in [-0.2, -0.15) is 18.3 Å². The maximum absolute atomic E-state index is 12.5. The van der Waals surface area contributed by atoms with Crippen LogP contribution in [0, 0.1) is 6.92 Å². The number of primary amides is 1. The zero-order valence-electron chi connectivity index (χ0n) is 19.5. The number of carboxylic acids is 1. The molecule has 0 fully saturated rings. The lowest BCUT2D eigenvalue weighted by Gasteiger charge is -2.11. The molecular weight excluding hydrogens is 481 g/mol. The maximum Gasteiger partial charge on any atom is 0.490 e. The second-order valence-electron chi connectivity index (χ2n) is 7.68. The van der Waals surface area contributed by atoms with Gasteiger partial charge in [-0.05, 0) is 43.5 Å². The Morgan fingerprint density at radius 1 is 1.11 bits per heavy atom. The fraction of sp³-hybridized carbons (Fsp3) is 0.250. The average Bonchev–Trinajstić information content (AvgIpc) is 3.27. The third kappa shape index (κ3) is 8.46. The van der Waals surface area contributed by atoms with Crippen LogP contribution < -0.4 is 15.8 Å². The molecular formula is C24H25F3N4O5. The number of rotatable bonds is 8. The third-order valence-electron chi connectivity index (χ3n) is 4.89. The summed E-state index contributed by atoms with van der Waals surface area (Å²) in [6, 6.07) is 13.4. The smallest absolute Gasteiger partial charge is 0.490 e. The van der Waals surface area contributed by atoms with E-state index in [1.54, 1.807) is 13.3 Å². The number of carbonyl (C=O) groups excluding carboxylic acids is 2. The van der Waals surface area contributed by atoms with E-state index >= 15 is 0 Å². The molecule has 0 spiro atoms. The molecule has 0 aliphatic carbocycles. The van der Waals surface area contributed by atoms with Gasteiger partial charge >= 0.3 is 12.1 Å². The fourth-order valence-corrected chi connectivity index (χ4v) is 3.22. The Balaban J connectivity index is 0.000000572. The standard InChI is InChI=1S/C22H24N4O3.C2HF3O2/c1-14-6-9-19(29-2)17(10-14)12-20(27)25-18-5-3-4-15(11-18)7-8-16-13-24-26-21(16)22(23)28;3-2(4,5)1(6)7/h3-6,9-11,13H,7-8,12H2,1-2H3,(H2,23,28)(H,24,26)(H,25,27);(H,6,7). The third-order valence-corrected chi connectivity index (χ3v) is 4.89. The molecule has 1 heterocycles. The zero-order chi connectivity index (χ0) is 26.9. The van der Waals surface area contributed by atoms with E-state index in [9.17, 15) is 22.8 Å². The monoisotopic (exact) mass is 506 g/mol. The van der Waals surface area contributed by atoms with Gasteiger partial charge < -0.3 is 20.9 Å². The summed E-state index contributed by atoms with van der Waals surface area (Å²) in [4.78, 5) is 32.8. The second-order valence-corrected chi connectivity index (χ2v) is 7.68. The number of halogens is 3. The largest absolute Gasteiger partial charge is 0.496 e. The summed E-state index contributed by atoms with van der Waals surface area (Å²) in [5.74, 6) is -2.70. The van der Waals surface area contributed by atoms with Gasteiger partial charge in [0.2, 0.25) is 5.91 Å². The average molecular weight is 506 g/mol. The van der Waals surface area contributed by atoms with Crippen LogP contribution in [0.5, 0.6) is 5.75 Å². The molecule has 0 unspecified atom stereocenters. The van der Waals surface area contributed by atoms with Gasteiger partial charge in [-0.3, -0.25) is 14.7 Å². The number of aliphatic carboxylic acids is 1. The predicted molar refractivity (Wildman–Crippen MR) is 125 cm³/mol. The number of nitrogens with two attached hydrogens (primary N) is 1. The van der Waals surface area contributed by atoms with Crippen molar-refractivity contribution in [3.05, 3.63) is 76.6 Å². The van der Waals surface area contributed by atoms with E-state index in [4.69, 9.17) is 20.4 Å². The summed E-state index contributed by atoms with van der Waals surface area (Å²) in [5, 5.41) is 16.6. The molecule has 0 bridgehead atoms. The lowest BCUT2D eigenvalue weighted by atomic mass is 10.0. The SMILES string of the molecule is COc1ccc(C)cc1CC(=O)Nc1cccc(CCc2cn[nH]c2C(N)=O)c1.O=C(O)C(F)(F)F. The minimum absolute atomic E-state index is 0.114. The molecule has 0 saturated heterocycles. The van der Waals surface area contributed by atoms with E-state index in [0.29, 0.717) is 24.3 Å². The minimum Gasteiger partial charge on any atom is -0.496 e. The first-order chi connectivity index (χ1) is 16.9. The predicted octanol–water partition coefficient (Wildman–Crippen LogP) is 3.43. The normalized spacial score (nSPS) is 10.7. The van der Waals surface area contributed by atoms with Crippen molar-refractivity contribution < 1.29 is 37.4 Å². The molecule has 5 N–H and O–H groups in total. The molecule has 12 heteroatoms. The number of benzene rings is 2. The molecule has 0 aliphatic rings. The van der Waals surface area contributed by atoms with E-state index in [2.05, 4.69) is 15.5 Å². The molecule has 0 saturated carbocycles. The summed E-state index contributed by atoms with van der Waals surface area (Å²) >= 11 is 0. The quantitative estimate of drug-likeness (QED) is 0.368. The molecule has 1 aromatic heterocycles. The van der Waals surface area contributed by atoms with Gasteiger partial charge in [0.1, 0.15) is 11.4 Å². The number of H-pyrrole nitrogens is 1. The van der Waals surface area contributed by atoms with Crippen molar-refractivity contribution in [1.29, 1.82) is 0 Å². The first-order valence-corrected chi connectivity index (χ1v) is 10.5. The molecule has 0 atom stereocenters. The number of nitrogens with zero attached hydrogens (tertiary/aromatic N) is 1. The van der Waals surface area contributed by atoms with Gasteiger partial charge in [0.05, 0.1) is 19.7 Å². The van der Waals surface area contributed by atoms with E-state index in [0.717, 1.165) is 27.9 Å². The number of amides is 2. The molecule has 36 heavy (non-hydrogen) atoms. The zero-order valence-corrected chi connectivity index (χ0v) is 19.5. The number of anilines is 1. The van der Waals surface area contributed by atoms with Gasteiger partial charge in [0.15, 0.2) is 0 Å². The summed E-state index contributed by atoms with van der Waals surface area (Å²) in [5.41, 5.74) is 10.1. The van der Waals surface area contributed by atoms with Gasteiger partial charge in [0.25, 0.3) is 5.91 Å². The number of hydrogen-bond acceptors (Lipinski definition) is 5. The highest BCUT2D eigenvalue weighted by Crippen LogP contribution is 2.21. The molecule has 0 radical (unpaired) electrons. The van der Waals surface area contributed by atoms with Gasteiger partial charge in [-0.15, -0.1) is 0 Å². The topological polar surface area (TPSA) is 147 Å². The van der Waals surface area contributed by atoms with Crippen molar-refractivity contribution in [1.82, 2.24) is 10.2 Å². The van der Waals surface area contributed by atoms with Crippen LogP contribution in [0.2, 0.25) is 0 Å². The number of ether oxygens (including phenoxy) is 1. The highest BCUT2D eigenvalue weighted by Gasteiger charge is 2.38. The van der Waals surface area contributed by atoms with Gasteiger partial charge in [-0.25, -0.2) is 4.79 Å². The van der Waals surface area contributed by atoms with Crippen LogP contribution in [-0.2, 0) is 28.9 Å². The number of hydrogen-bond donors (Lipinski definition) is 4. The van der Waals surface area contributed by atoms with Gasteiger partial charge in [-0.1, -0.05) is 29.8 Å². The van der Waals surface area contributed by atoms with Crippen LogP contribution in [0.3, 0.4) is 0 Å². The summed E-state index contributed by atoms with van der Waals surface area (Å²) in [6.07, 6.45) is -1.94. The number of carbonyl (C=O) groups is 3. The summed E-state index contributed by atoms with van der Waals surface area (Å²) < 4.78 is 37.1. The fourth-order valence-electron chi connectivity index (χ4n) is 3.22. The molecule has 3 rings (SSSR count). The molecule has 3 aromatic rings. The number of aromatic nitrogens is 2. The Bertz CT molecular complexity index is 1220. The Kier molecular flexibility index (Phi) is 9.59. The lowest BCUT2D eigenvalue weighted by molar-refractivity contribution is -0.192. The van der Waals surface area contributed by atoms with Crippen LogP contribution in [0.4, 0.5) is 18.9 Å². The van der Waals surface area contributed by atoms with Crippen molar-refractivity contribution in [2.75, 3.05) is 12.4 Å². The van der Waals surface area contributed by atoms with E-state index in [-0.39, 0.29) is 12.3 Å². The van der Waals surface area contributed by atoms with Crippen molar-refractivity contribution in [3.8, 4) is 5.75 Å². The van der Waals surface area contributed by atoms with E-state index in [1.165, 1.54) is 0 Å². The highest BCUT2D eigenvalue weighted by molar-refractivity contribution is 5.93. The Labute approximate surface area is 204 Å². The first-order valence-electron chi connectivity index (χ1n) is 10.5. The van der Waals surface area contributed by atoms with Crippen LogP contribution >= 0.6 is 0 Å². The molecule has 192 valence electrons. The van der Waals surface area contributed by atoms with Crippen molar-refractivity contribution in [3.63, 3.8) is 0 Å². The Hall–Kier alpha value is -4.35. The van der Waals surface area contributed by atoms with Crippen LogP contribution in [0.1, 0.15) is 32.7 Å². The number of aryl methyl sites for hydroxylation is 3. The van der Waals surface area contributed by atoms with Crippen molar-refractivity contribution >= 4 is 23.5 Å². The second kappa shape index (κ2) is 12.4. The number of methoxy groups -OCH3 is 1.